The number of hydrogen-bond acceptors (Lipinski definition) is 7. The van der Waals surface area contributed by atoms with Gasteiger partial charge in [-0.2, -0.15) is 5.10 Å². The molecule has 2 atom stereocenters. The van der Waals surface area contributed by atoms with E-state index in [0.29, 0.717) is 11.7 Å². The van der Waals surface area contributed by atoms with E-state index in [4.69, 9.17) is 14.6 Å². The predicted octanol–water partition coefficient (Wildman–Crippen LogP) is 4.91. The number of allylic oxidation sites excluding steroid dienone is 1. The van der Waals surface area contributed by atoms with Crippen molar-refractivity contribution in [1.82, 2.24) is 19.8 Å². The summed E-state index contributed by atoms with van der Waals surface area (Å²) in [4.78, 5) is 25.8. The topological polar surface area (TPSA) is 102 Å². The van der Waals surface area contributed by atoms with Crippen LogP contribution in [-0.2, 0) is 11.3 Å². The number of aromatic amines is 1. The maximum absolute atomic E-state index is 13.7. The van der Waals surface area contributed by atoms with Gasteiger partial charge in [0.1, 0.15) is 11.5 Å². The molecular weight excluding hydrogens is 514 g/mol. The van der Waals surface area contributed by atoms with Crippen LogP contribution in [0.3, 0.4) is 0 Å². The first-order valence-corrected chi connectivity index (χ1v) is 14.2. The van der Waals surface area contributed by atoms with Crippen molar-refractivity contribution >= 4 is 29.5 Å². The smallest absolute Gasteiger partial charge is 0.343 e. The van der Waals surface area contributed by atoms with Crippen LogP contribution in [0.25, 0.3) is 6.08 Å². The maximum atomic E-state index is 13.7. The highest BCUT2D eigenvalue weighted by molar-refractivity contribution is 7.99. The summed E-state index contributed by atoms with van der Waals surface area (Å²) in [6, 6.07) is 15.6. The normalized spacial score (nSPS) is 19.6. The van der Waals surface area contributed by atoms with Crippen LogP contribution in [-0.4, -0.2) is 51.4 Å². The second kappa shape index (κ2) is 11.9. The minimum atomic E-state index is -0.261. The van der Waals surface area contributed by atoms with E-state index in [-0.39, 0.29) is 29.3 Å². The van der Waals surface area contributed by atoms with Gasteiger partial charge in [0.25, 0.3) is 5.91 Å². The molecule has 2 aliphatic rings. The summed E-state index contributed by atoms with van der Waals surface area (Å²) in [7, 11) is 3.30. The molecule has 0 radical (unpaired) electrons. The molecule has 1 saturated carbocycles. The molecule has 2 heterocycles. The Morgan fingerprint density at radius 2 is 1.79 bits per heavy atom. The lowest BCUT2D eigenvalue weighted by Crippen LogP contribution is -2.33. The number of hydrazone groups is 1. The summed E-state index contributed by atoms with van der Waals surface area (Å²) < 4.78 is 12.2. The van der Waals surface area contributed by atoms with Gasteiger partial charge in [-0.3, -0.25) is 9.36 Å². The van der Waals surface area contributed by atoms with Crippen molar-refractivity contribution in [1.29, 1.82) is 0 Å². The zero-order valence-corrected chi connectivity index (χ0v) is 23.2. The third-order valence-corrected chi connectivity index (χ3v) is 8.13. The number of thioether (sulfide) groups is 1. The lowest BCUT2D eigenvalue weighted by atomic mass is 9.77. The summed E-state index contributed by atoms with van der Waals surface area (Å²) in [5, 5.41) is 13.7. The van der Waals surface area contributed by atoms with Crippen molar-refractivity contribution in [3.05, 3.63) is 75.7 Å². The SMILES string of the molecule is CCCn1c(SCC(=O)N2N=C3/C(=C\c4ccc(OC)cc4)CCC[C@H]3[C@H]2c2ccc(OC)cc2)n[nH]c1=O. The van der Waals surface area contributed by atoms with Gasteiger partial charge in [0.05, 0.1) is 31.7 Å². The Labute approximate surface area is 231 Å². The molecule has 1 aliphatic carbocycles. The van der Waals surface area contributed by atoms with E-state index in [9.17, 15) is 9.59 Å². The average molecular weight is 548 g/mol. The number of benzene rings is 2. The van der Waals surface area contributed by atoms with Gasteiger partial charge in [-0.15, -0.1) is 5.10 Å². The molecule has 1 N–H and O–H groups in total. The van der Waals surface area contributed by atoms with Gasteiger partial charge in [-0.05, 0) is 72.7 Å². The van der Waals surface area contributed by atoms with Crippen molar-refractivity contribution in [2.24, 2.45) is 11.0 Å². The molecule has 0 saturated heterocycles. The van der Waals surface area contributed by atoms with Crippen LogP contribution in [0.2, 0.25) is 0 Å². The monoisotopic (exact) mass is 547 g/mol. The van der Waals surface area contributed by atoms with E-state index in [1.807, 2.05) is 55.5 Å². The number of nitrogens with one attached hydrogen (secondary N) is 1. The van der Waals surface area contributed by atoms with E-state index >= 15 is 0 Å². The Morgan fingerprint density at radius 1 is 1.10 bits per heavy atom. The van der Waals surface area contributed by atoms with Crippen LogP contribution in [0.4, 0.5) is 0 Å². The summed E-state index contributed by atoms with van der Waals surface area (Å²) in [5.74, 6) is 1.68. The molecule has 9 nitrogen and oxygen atoms in total. The number of nitrogens with zero attached hydrogens (tertiary/aromatic N) is 4. The van der Waals surface area contributed by atoms with Gasteiger partial charge in [-0.25, -0.2) is 14.9 Å². The number of fused-ring (bicyclic) bond motifs is 1. The van der Waals surface area contributed by atoms with Crippen molar-refractivity contribution < 1.29 is 14.3 Å². The molecule has 10 heteroatoms. The zero-order chi connectivity index (χ0) is 27.4. The summed E-state index contributed by atoms with van der Waals surface area (Å²) in [5.41, 5.74) is 3.96. The third-order valence-electron chi connectivity index (χ3n) is 7.17. The predicted molar refractivity (Wildman–Crippen MR) is 152 cm³/mol. The fourth-order valence-electron chi connectivity index (χ4n) is 5.27. The zero-order valence-electron chi connectivity index (χ0n) is 22.4. The van der Waals surface area contributed by atoms with Crippen LogP contribution in [0.15, 0.2) is 69.2 Å². The van der Waals surface area contributed by atoms with E-state index < -0.39 is 0 Å². The van der Waals surface area contributed by atoms with Gasteiger partial charge in [0.15, 0.2) is 5.16 Å². The molecule has 2 aromatic carbocycles. The van der Waals surface area contributed by atoms with E-state index in [0.717, 1.165) is 59.6 Å². The van der Waals surface area contributed by atoms with E-state index in [2.05, 4.69) is 16.3 Å². The second-order valence-electron chi connectivity index (χ2n) is 9.63. The number of rotatable bonds is 9. The number of methoxy groups -OCH3 is 2. The van der Waals surface area contributed by atoms with Crippen molar-refractivity contribution in [2.45, 2.75) is 50.4 Å². The molecule has 204 valence electrons. The largest absolute Gasteiger partial charge is 0.497 e. The highest BCUT2D eigenvalue weighted by Gasteiger charge is 2.43. The number of ether oxygens (including phenoxy) is 2. The Kier molecular flexibility index (Phi) is 8.21. The third kappa shape index (κ3) is 5.66. The average Bonchev–Trinajstić information content (AvgIpc) is 3.53. The number of aromatic nitrogens is 3. The molecule has 1 amide bonds. The Bertz CT molecular complexity index is 1430. The molecular formula is C29H33N5O4S. The van der Waals surface area contributed by atoms with Gasteiger partial charge in [0, 0.05) is 12.5 Å². The number of H-pyrrole nitrogens is 1. The fourth-order valence-corrected chi connectivity index (χ4v) is 6.09. The second-order valence-corrected chi connectivity index (χ2v) is 10.6. The van der Waals surface area contributed by atoms with Crippen LogP contribution in [0.5, 0.6) is 11.5 Å². The highest BCUT2D eigenvalue weighted by atomic mass is 32.2. The molecule has 1 aliphatic heterocycles. The Balaban J connectivity index is 1.45. The minimum Gasteiger partial charge on any atom is -0.497 e. The van der Waals surface area contributed by atoms with Crippen LogP contribution >= 0.6 is 11.8 Å². The minimum absolute atomic E-state index is 0.0919. The van der Waals surface area contributed by atoms with Crippen LogP contribution in [0.1, 0.15) is 49.8 Å². The van der Waals surface area contributed by atoms with E-state index in [1.165, 1.54) is 11.8 Å². The lowest BCUT2D eigenvalue weighted by molar-refractivity contribution is -0.130. The van der Waals surface area contributed by atoms with Gasteiger partial charge in [-0.1, -0.05) is 43.0 Å². The molecule has 0 spiro atoms. The summed E-state index contributed by atoms with van der Waals surface area (Å²) >= 11 is 1.26. The van der Waals surface area contributed by atoms with Gasteiger partial charge >= 0.3 is 5.69 Å². The number of carbonyl (C=O) groups is 1. The maximum Gasteiger partial charge on any atom is 0.343 e. The van der Waals surface area contributed by atoms with Gasteiger partial charge < -0.3 is 9.47 Å². The van der Waals surface area contributed by atoms with Crippen molar-refractivity contribution in [3.8, 4) is 11.5 Å². The van der Waals surface area contributed by atoms with Gasteiger partial charge in [0.2, 0.25) is 0 Å². The Hall–Kier alpha value is -3.79. The molecule has 0 unspecified atom stereocenters. The first kappa shape index (κ1) is 26.8. The molecule has 3 aromatic rings. The molecule has 39 heavy (non-hydrogen) atoms. The molecule has 1 aromatic heterocycles. The number of carbonyl (C=O) groups excluding carboxylic acids is 1. The first-order chi connectivity index (χ1) is 19.0. The van der Waals surface area contributed by atoms with Crippen molar-refractivity contribution in [2.75, 3.05) is 20.0 Å². The lowest BCUT2D eigenvalue weighted by Gasteiger charge is -2.29. The van der Waals surface area contributed by atoms with Crippen LogP contribution < -0.4 is 15.2 Å². The van der Waals surface area contributed by atoms with Crippen molar-refractivity contribution in [3.63, 3.8) is 0 Å². The first-order valence-electron chi connectivity index (χ1n) is 13.2. The molecule has 5 rings (SSSR count). The summed E-state index contributed by atoms with van der Waals surface area (Å²) in [6.07, 6.45) is 5.84. The summed E-state index contributed by atoms with van der Waals surface area (Å²) in [6.45, 7) is 2.55. The Morgan fingerprint density at radius 3 is 2.46 bits per heavy atom. The standard InChI is InChI=1S/C29H33N5O4S/c1-4-16-33-28(36)30-31-29(33)39-18-25(35)34-27(20-10-14-23(38-3)15-11-20)24-7-5-6-21(26(24)32-34)17-19-8-12-22(37-2)13-9-19/h8-15,17,24,27H,4-7,16,18H2,1-3H3,(H,30,36)/b21-17-/t24-,27-/m1/s1. The molecule has 0 bridgehead atoms. The number of hydrogen-bond donors (Lipinski definition) is 1. The quantitative estimate of drug-likeness (QED) is 0.382. The fraction of sp³-hybridized carbons (Fsp3) is 0.379. The number of amides is 1. The van der Waals surface area contributed by atoms with E-state index in [1.54, 1.807) is 23.8 Å². The van der Waals surface area contributed by atoms with Crippen LogP contribution in [0, 0.1) is 5.92 Å². The highest BCUT2D eigenvalue weighted by Crippen LogP contribution is 2.45. The molecule has 1 fully saturated rings.